The normalized spacial score (nSPS) is 12.4. The third kappa shape index (κ3) is 3.54. The Balaban J connectivity index is 2.12. The molecule has 0 saturated carbocycles. The van der Waals surface area contributed by atoms with E-state index in [1.165, 1.54) is 0 Å². The topological polar surface area (TPSA) is 74.2 Å². The maximum Gasteiger partial charge on any atom is 0.226 e. The molecule has 1 aromatic carbocycles. The van der Waals surface area contributed by atoms with Gasteiger partial charge < -0.3 is 15.0 Å². The molecule has 2 N–H and O–H groups in total. The Bertz CT molecular complexity index is 555. The van der Waals surface area contributed by atoms with E-state index in [0.29, 0.717) is 11.7 Å². The van der Waals surface area contributed by atoms with Crippen LogP contribution in [-0.4, -0.2) is 10.1 Å². The lowest BCUT2D eigenvalue weighted by molar-refractivity contribution is 0.281. The lowest BCUT2D eigenvalue weighted by Gasteiger charge is -2.13. The summed E-state index contributed by atoms with van der Waals surface area (Å²) in [5.41, 5.74) is 6.86. The van der Waals surface area contributed by atoms with Crippen LogP contribution in [0.15, 0.2) is 27.2 Å². The van der Waals surface area contributed by atoms with Gasteiger partial charge in [-0.25, -0.2) is 0 Å². The molecule has 0 saturated heterocycles. The Morgan fingerprint density at radius 1 is 1.47 bits per heavy atom. The Hall–Kier alpha value is -1.40. The first-order chi connectivity index (χ1) is 9.10. The fraction of sp³-hybridized carbons (Fsp3) is 0.385. The predicted octanol–water partition coefficient (Wildman–Crippen LogP) is 2.99. The Morgan fingerprint density at radius 2 is 2.26 bits per heavy atom. The van der Waals surface area contributed by atoms with Crippen molar-refractivity contribution in [1.29, 1.82) is 0 Å². The van der Waals surface area contributed by atoms with Crippen LogP contribution in [0, 0.1) is 0 Å². The molecule has 0 aliphatic carbocycles. The Morgan fingerprint density at radius 3 is 2.89 bits per heavy atom. The second-order valence-electron chi connectivity index (χ2n) is 4.22. The van der Waals surface area contributed by atoms with Crippen molar-refractivity contribution in [1.82, 2.24) is 10.1 Å². The summed E-state index contributed by atoms with van der Waals surface area (Å²) in [5.74, 6) is 1.87. The van der Waals surface area contributed by atoms with Crippen LogP contribution in [0.2, 0.25) is 0 Å². The van der Waals surface area contributed by atoms with Gasteiger partial charge in [0.1, 0.15) is 5.75 Å². The van der Waals surface area contributed by atoms with Gasteiger partial charge in [0.05, 0.1) is 0 Å². The van der Waals surface area contributed by atoms with E-state index in [0.717, 1.165) is 22.2 Å². The molecular weight excluding hydrogens is 310 g/mol. The average Bonchev–Trinajstić information content (AvgIpc) is 2.84. The second-order valence-corrected chi connectivity index (χ2v) is 5.13. The summed E-state index contributed by atoms with van der Waals surface area (Å²) in [6.45, 7) is 4.14. The lowest BCUT2D eigenvalue weighted by Crippen LogP contribution is -2.08. The van der Waals surface area contributed by atoms with Gasteiger partial charge in [-0.1, -0.05) is 34.1 Å². The molecule has 1 atom stereocenters. The molecule has 0 fully saturated rings. The molecule has 5 nitrogen and oxygen atoms in total. The van der Waals surface area contributed by atoms with E-state index in [2.05, 4.69) is 26.1 Å². The maximum atomic E-state index is 5.91. The summed E-state index contributed by atoms with van der Waals surface area (Å²) >= 11 is 3.42. The number of nitrogens with two attached hydrogens (primary N) is 1. The summed E-state index contributed by atoms with van der Waals surface area (Å²) in [7, 11) is 0. The summed E-state index contributed by atoms with van der Waals surface area (Å²) in [6.07, 6.45) is 0.717. The number of nitrogens with zero attached hydrogens (tertiary/aromatic N) is 2. The van der Waals surface area contributed by atoms with Gasteiger partial charge in [0.2, 0.25) is 11.7 Å². The number of ether oxygens (including phenoxy) is 1. The maximum absolute atomic E-state index is 5.91. The highest BCUT2D eigenvalue weighted by atomic mass is 79.9. The molecule has 6 heteroatoms. The molecule has 0 bridgehead atoms. The largest absolute Gasteiger partial charge is 0.485 e. The summed E-state index contributed by atoms with van der Waals surface area (Å²) in [6, 6.07) is 5.67. The standard InChI is InChI=1S/C13H16BrN3O2/c1-3-13-16-12(17-19-13)7-18-11-6-9(14)4-5-10(11)8(2)15/h4-6,8H,3,7,15H2,1-2H3/t8-/m1/s1. The first-order valence-electron chi connectivity index (χ1n) is 6.09. The number of benzene rings is 1. The lowest BCUT2D eigenvalue weighted by atomic mass is 10.1. The first kappa shape index (κ1) is 14.0. The van der Waals surface area contributed by atoms with Crippen LogP contribution < -0.4 is 10.5 Å². The van der Waals surface area contributed by atoms with Crippen molar-refractivity contribution < 1.29 is 9.26 Å². The van der Waals surface area contributed by atoms with Crippen molar-refractivity contribution in [2.75, 3.05) is 0 Å². The number of hydrogen-bond donors (Lipinski definition) is 1. The van der Waals surface area contributed by atoms with E-state index in [4.69, 9.17) is 15.0 Å². The smallest absolute Gasteiger partial charge is 0.226 e. The van der Waals surface area contributed by atoms with E-state index < -0.39 is 0 Å². The fourth-order valence-electron chi connectivity index (χ4n) is 1.64. The van der Waals surface area contributed by atoms with Crippen molar-refractivity contribution in [2.45, 2.75) is 32.9 Å². The number of hydrogen-bond acceptors (Lipinski definition) is 5. The van der Waals surface area contributed by atoms with Crippen LogP contribution in [0.5, 0.6) is 5.75 Å². The first-order valence-corrected chi connectivity index (χ1v) is 6.88. The zero-order valence-corrected chi connectivity index (χ0v) is 12.5. The van der Waals surface area contributed by atoms with Gasteiger partial charge in [0, 0.05) is 22.5 Å². The second kappa shape index (κ2) is 6.16. The fourth-order valence-corrected chi connectivity index (χ4v) is 1.98. The molecule has 1 heterocycles. The van der Waals surface area contributed by atoms with Crippen molar-refractivity contribution in [3.8, 4) is 5.75 Å². The molecule has 102 valence electrons. The molecular formula is C13H16BrN3O2. The minimum absolute atomic E-state index is 0.0976. The number of aryl methyl sites for hydroxylation is 1. The minimum atomic E-state index is -0.0976. The number of rotatable bonds is 5. The third-order valence-electron chi connectivity index (χ3n) is 2.64. The van der Waals surface area contributed by atoms with Crippen LogP contribution in [0.3, 0.4) is 0 Å². The third-order valence-corrected chi connectivity index (χ3v) is 3.13. The molecule has 2 rings (SSSR count). The van der Waals surface area contributed by atoms with Crippen LogP contribution in [0.25, 0.3) is 0 Å². The summed E-state index contributed by atoms with van der Waals surface area (Å²) < 4.78 is 11.7. The van der Waals surface area contributed by atoms with Crippen LogP contribution in [0.1, 0.15) is 37.2 Å². The van der Waals surface area contributed by atoms with Gasteiger partial charge in [-0.05, 0) is 19.1 Å². The molecule has 0 aliphatic rings. The zero-order chi connectivity index (χ0) is 13.8. The van der Waals surface area contributed by atoms with Crippen molar-refractivity contribution in [3.05, 3.63) is 40.0 Å². The average molecular weight is 326 g/mol. The molecule has 0 amide bonds. The molecule has 2 aromatic rings. The molecule has 0 spiro atoms. The van der Waals surface area contributed by atoms with Gasteiger partial charge in [-0.15, -0.1) is 0 Å². The van der Waals surface area contributed by atoms with E-state index in [9.17, 15) is 0 Å². The van der Waals surface area contributed by atoms with Gasteiger partial charge in [-0.2, -0.15) is 4.98 Å². The van der Waals surface area contributed by atoms with Gasteiger partial charge >= 0.3 is 0 Å². The van der Waals surface area contributed by atoms with Gasteiger partial charge in [0.25, 0.3) is 0 Å². The van der Waals surface area contributed by atoms with E-state index >= 15 is 0 Å². The number of aromatic nitrogens is 2. The molecule has 1 aromatic heterocycles. The van der Waals surface area contributed by atoms with Crippen molar-refractivity contribution in [3.63, 3.8) is 0 Å². The monoisotopic (exact) mass is 325 g/mol. The van der Waals surface area contributed by atoms with E-state index in [1.54, 1.807) is 0 Å². The molecule has 0 aliphatic heterocycles. The van der Waals surface area contributed by atoms with Gasteiger partial charge in [-0.3, -0.25) is 0 Å². The zero-order valence-electron chi connectivity index (χ0n) is 10.9. The van der Waals surface area contributed by atoms with Crippen molar-refractivity contribution >= 4 is 15.9 Å². The van der Waals surface area contributed by atoms with Crippen LogP contribution >= 0.6 is 15.9 Å². The highest BCUT2D eigenvalue weighted by Gasteiger charge is 2.11. The van der Waals surface area contributed by atoms with E-state index in [-0.39, 0.29) is 12.6 Å². The quantitative estimate of drug-likeness (QED) is 0.914. The van der Waals surface area contributed by atoms with E-state index in [1.807, 2.05) is 32.0 Å². The summed E-state index contributed by atoms with van der Waals surface area (Å²) in [4.78, 5) is 4.20. The molecule has 0 radical (unpaired) electrons. The van der Waals surface area contributed by atoms with Crippen LogP contribution in [-0.2, 0) is 13.0 Å². The SMILES string of the molecule is CCc1nc(COc2cc(Br)ccc2[C@@H](C)N)no1. The highest BCUT2D eigenvalue weighted by molar-refractivity contribution is 9.10. The highest BCUT2D eigenvalue weighted by Crippen LogP contribution is 2.28. The summed E-state index contributed by atoms with van der Waals surface area (Å²) in [5, 5.41) is 3.84. The Labute approximate surface area is 120 Å². The Kier molecular flexibility index (Phi) is 4.55. The number of halogens is 1. The minimum Gasteiger partial charge on any atom is -0.485 e. The molecule has 0 unspecified atom stereocenters. The van der Waals surface area contributed by atoms with Crippen molar-refractivity contribution in [2.24, 2.45) is 5.73 Å². The predicted molar refractivity (Wildman–Crippen MR) is 74.8 cm³/mol. The van der Waals surface area contributed by atoms with Gasteiger partial charge in [0.15, 0.2) is 6.61 Å². The molecule has 19 heavy (non-hydrogen) atoms. The van der Waals surface area contributed by atoms with Crippen LogP contribution in [0.4, 0.5) is 0 Å².